The molecule has 198 valence electrons. The first-order valence-corrected chi connectivity index (χ1v) is 12.9. The lowest BCUT2D eigenvalue weighted by atomic mass is 10.0. The fourth-order valence-corrected chi connectivity index (χ4v) is 5.26. The van der Waals surface area contributed by atoms with Gasteiger partial charge in [0.05, 0.1) is 18.8 Å². The Morgan fingerprint density at radius 2 is 1.95 bits per heavy atom. The van der Waals surface area contributed by atoms with Gasteiger partial charge in [0.25, 0.3) is 11.8 Å². The predicted molar refractivity (Wildman–Crippen MR) is 143 cm³/mol. The number of carbonyl (C=O) groups excluding carboxylic acids is 4. The average molecular weight is 525 g/mol. The van der Waals surface area contributed by atoms with Gasteiger partial charge in [0, 0.05) is 36.2 Å². The lowest BCUT2D eigenvalue weighted by molar-refractivity contribution is -0.136. The minimum Gasteiger partial charge on any atom is -0.495 e. The summed E-state index contributed by atoms with van der Waals surface area (Å²) in [6.45, 7) is 0.845. The Kier molecular flexibility index (Phi) is 7.25. The summed E-state index contributed by atoms with van der Waals surface area (Å²) in [6, 6.07) is 9.34. The van der Waals surface area contributed by atoms with Crippen molar-refractivity contribution in [3.8, 4) is 29.4 Å². The van der Waals surface area contributed by atoms with Gasteiger partial charge in [-0.2, -0.15) is 0 Å². The van der Waals surface area contributed by atoms with Crippen LogP contribution >= 0.6 is 0 Å². The third-order valence-corrected chi connectivity index (χ3v) is 7.32. The minimum atomic E-state index is -0.681. The van der Waals surface area contributed by atoms with E-state index in [4.69, 9.17) is 10.5 Å². The number of likely N-dealkylation sites (tertiary alicyclic amines) is 1. The van der Waals surface area contributed by atoms with E-state index < -0.39 is 11.9 Å². The van der Waals surface area contributed by atoms with Crippen molar-refractivity contribution in [2.24, 2.45) is 0 Å². The van der Waals surface area contributed by atoms with E-state index in [9.17, 15) is 19.2 Å². The molecule has 9 nitrogen and oxygen atoms in total. The van der Waals surface area contributed by atoms with Gasteiger partial charge in [0.2, 0.25) is 11.8 Å². The number of benzene rings is 2. The number of nitrogens with zero attached hydrogens (tertiary/aromatic N) is 2. The van der Waals surface area contributed by atoms with Gasteiger partial charge in [-0.15, -0.1) is 0 Å². The summed E-state index contributed by atoms with van der Waals surface area (Å²) in [4.78, 5) is 53.4. The Hall–Kier alpha value is -4.76. The van der Waals surface area contributed by atoms with Crippen LogP contribution in [0.15, 0.2) is 36.4 Å². The van der Waals surface area contributed by atoms with Gasteiger partial charge in [-0.25, -0.2) is 0 Å². The first-order chi connectivity index (χ1) is 18.9. The smallest absolute Gasteiger partial charge is 0.255 e. The number of amides is 4. The van der Waals surface area contributed by atoms with Crippen molar-refractivity contribution in [1.82, 2.24) is 15.1 Å². The zero-order valence-electron chi connectivity index (χ0n) is 21.6. The van der Waals surface area contributed by atoms with Crippen molar-refractivity contribution >= 4 is 29.3 Å². The lowest BCUT2D eigenvalue weighted by Gasteiger charge is -2.32. The molecular formula is C30H28N4O5. The van der Waals surface area contributed by atoms with E-state index in [1.165, 1.54) is 12.0 Å². The maximum Gasteiger partial charge on any atom is 0.255 e. The molecule has 3 N–H and O–H groups in total. The summed E-state index contributed by atoms with van der Waals surface area (Å²) < 4.78 is 5.26. The molecule has 3 aliphatic heterocycles. The highest BCUT2D eigenvalue weighted by molar-refractivity contribution is 6.05. The van der Waals surface area contributed by atoms with E-state index in [0.717, 1.165) is 24.8 Å². The zero-order valence-corrected chi connectivity index (χ0v) is 21.6. The molecule has 0 radical (unpaired) electrons. The Morgan fingerprint density at radius 3 is 2.74 bits per heavy atom. The molecule has 0 bridgehead atoms. The number of rotatable bonds is 3. The summed E-state index contributed by atoms with van der Waals surface area (Å²) in [7, 11) is 1.51. The molecule has 5 rings (SSSR count). The highest BCUT2D eigenvalue weighted by Gasteiger charge is 2.39. The number of anilines is 1. The van der Waals surface area contributed by atoms with Gasteiger partial charge in [0.15, 0.2) is 0 Å². The quantitative estimate of drug-likeness (QED) is 0.360. The van der Waals surface area contributed by atoms with Crippen molar-refractivity contribution in [1.29, 1.82) is 0 Å². The third-order valence-electron chi connectivity index (χ3n) is 7.32. The van der Waals surface area contributed by atoms with Crippen LogP contribution in [-0.4, -0.2) is 59.2 Å². The van der Waals surface area contributed by atoms with Crippen molar-refractivity contribution in [2.75, 3.05) is 19.4 Å². The molecule has 9 heteroatoms. The topological polar surface area (TPSA) is 122 Å². The van der Waals surface area contributed by atoms with Crippen molar-refractivity contribution in [3.63, 3.8) is 0 Å². The van der Waals surface area contributed by atoms with Crippen LogP contribution in [0.1, 0.15) is 63.9 Å². The van der Waals surface area contributed by atoms with Gasteiger partial charge < -0.3 is 20.3 Å². The molecule has 3 aliphatic rings. The van der Waals surface area contributed by atoms with Gasteiger partial charge in [-0.3, -0.25) is 24.5 Å². The maximum atomic E-state index is 13.2. The summed E-state index contributed by atoms with van der Waals surface area (Å²) in [5.41, 5.74) is 8.76. The standard InChI is InChI=1S/C30H28N4O5/c1-39-26-17-20(12-13-24(26)31)29(37)33-16-5-4-10-21(33)9-3-2-7-19-8-6-11-22-23(19)18-34(30(22)38)25-14-15-27(35)32-28(25)36/h6,8,11-13,17,21,25H,4-5,10,14-16,18,31H2,1H3,(H,32,35,36)/t21-,25?/m0/s1. The number of hydrogen-bond acceptors (Lipinski definition) is 6. The van der Waals surface area contributed by atoms with Crippen molar-refractivity contribution in [2.45, 2.75) is 50.7 Å². The van der Waals surface area contributed by atoms with E-state index in [2.05, 4.69) is 29.0 Å². The average Bonchev–Trinajstić information content (AvgIpc) is 3.28. The number of ether oxygens (including phenoxy) is 1. The van der Waals surface area contributed by atoms with E-state index in [-0.39, 0.29) is 36.7 Å². The van der Waals surface area contributed by atoms with Gasteiger partial charge in [-0.1, -0.05) is 17.9 Å². The summed E-state index contributed by atoms with van der Waals surface area (Å²) >= 11 is 0. The van der Waals surface area contributed by atoms with E-state index in [1.807, 2.05) is 6.07 Å². The summed E-state index contributed by atoms with van der Waals surface area (Å²) in [5.74, 6) is 11.3. The number of carbonyl (C=O) groups is 4. The molecule has 2 aromatic carbocycles. The zero-order chi connectivity index (χ0) is 27.5. The van der Waals surface area contributed by atoms with Gasteiger partial charge in [-0.05, 0) is 73.4 Å². The number of nitrogens with one attached hydrogen (secondary N) is 1. The van der Waals surface area contributed by atoms with Crippen LogP contribution in [-0.2, 0) is 16.1 Å². The highest BCUT2D eigenvalue weighted by atomic mass is 16.5. The molecule has 4 amide bonds. The monoisotopic (exact) mass is 524 g/mol. The second kappa shape index (κ2) is 10.9. The summed E-state index contributed by atoms with van der Waals surface area (Å²) in [5, 5.41) is 2.31. The van der Waals surface area contributed by atoms with E-state index >= 15 is 0 Å². The minimum absolute atomic E-state index is 0.131. The molecule has 2 fully saturated rings. The van der Waals surface area contributed by atoms with E-state index in [0.29, 0.717) is 41.1 Å². The Labute approximate surface area is 226 Å². The van der Waals surface area contributed by atoms with Crippen LogP contribution in [0.4, 0.5) is 5.69 Å². The SMILES string of the molecule is COc1cc(C(=O)N2CCCC[C@@H]2C#CC#Cc2cccc3c2CN(C2CCC(=O)NC2=O)C3=O)ccc1N. The summed E-state index contributed by atoms with van der Waals surface area (Å²) in [6.07, 6.45) is 3.12. The van der Waals surface area contributed by atoms with Crippen LogP contribution in [0.25, 0.3) is 0 Å². The number of imide groups is 1. The Bertz CT molecular complexity index is 1490. The Morgan fingerprint density at radius 1 is 1.10 bits per heavy atom. The third kappa shape index (κ3) is 5.17. The molecular weight excluding hydrogens is 496 g/mol. The molecule has 2 atom stereocenters. The number of methoxy groups -OCH3 is 1. The van der Waals surface area contributed by atoms with Gasteiger partial charge in [0.1, 0.15) is 11.8 Å². The van der Waals surface area contributed by atoms with Crippen LogP contribution in [0.3, 0.4) is 0 Å². The normalized spacial score (nSPS) is 20.3. The molecule has 39 heavy (non-hydrogen) atoms. The first-order valence-electron chi connectivity index (χ1n) is 12.9. The van der Waals surface area contributed by atoms with Gasteiger partial charge >= 0.3 is 0 Å². The fraction of sp³-hybridized carbons (Fsp3) is 0.333. The molecule has 0 saturated carbocycles. The van der Waals surface area contributed by atoms with Crippen LogP contribution in [0, 0.1) is 23.7 Å². The second-order valence-electron chi connectivity index (χ2n) is 9.72. The molecule has 2 aromatic rings. The number of nitrogens with two attached hydrogens (primary N) is 1. The van der Waals surface area contributed by atoms with Crippen LogP contribution in [0.2, 0.25) is 0 Å². The molecule has 0 aliphatic carbocycles. The second-order valence-corrected chi connectivity index (χ2v) is 9.72. The van der Waals surface area contributed by atoms with Crippen molar-refractivity contribution in [3.05, 3.63) is 58.7 Å². The molecule has 0 spiro atoms. The van der Waals surface area contributed by atoms with E-state index in [1.54, 1.807) is 35.2 Å². The van der Waals surface area contributed by atoms with Crippen molar-refractivity contribution < 1.29 is 23.9 Å². The fourth-order valence-electron chi connectivity index (χ4n) is 5.26. The molecule has 3 heterocycles. The maximum absolute atomic E-state index is 13.2. The largest absolute Gasteiger partial charge is 0.495 e. The Balaban J connectivity index is 1.33. The number of hydrogen-bond donors (Lipinski definition) is 2. The number of nitrogen functional groups attached to an aromatic ring is 1. The highest BCUT2D eigenvalue weighted by Crippen LogP contribution is 2.29. The first kappa shape index (κ1) is 25.9. The molecule has 2 saturated heterocycles. The lowest BCUT2D eigenvalue weighted by Crippen LogP contribution is -2.52. The molecule has 0 aromatic heterocycles. The van der Waals surface area contributed by atoms with Crippen LogP contribution in [0.5, 0.6) is 5.75 Å². The molecule has 1 unspecified atom stereocenters. The predicted octanol–water partition coefficient (Wildman–Crippen LogP) is 2.09. The number of piperidine rings is 2. The van der Waals surface area contributed by atoms with Crippen LogP contribution < -0.4 is 15.8 Å². The number of fused-ring (bicyclic) bond motifs is 1.